The highest BCUT2D eigenvalue weighted by molar-refractivity contribution is 7.90. The average Bonchev–Trinajstić information content (AvgIpc) is 3.35. The minimum absolute atomic E-state index is 0.0389. The van der Waals surface area contributed by atoms with Gasteiger partial charge in [0, 0.05) is 31.2 Å². The van der Waals surface area contributed by atoms with Gasteiger partial charge in [0.25, 0.3) is 6.01 Å². The number of hydrogen-bond acceptors (Lipinski definition) is 5. The van der Waals surface area contributed by atoms with E-state index in [1.165, 1.54) is 0 Å². The fraction of sp³-hybridized carbons (Fsp3) is 0.562. The number of oxazole rings is 1. The first-order valence-corrected chi connectivity index (χ1v) is 10.1. The van der Waals surface area contributed by atoms with Gasteiger partial charge in [-0.2, -0.15) is 9.29 Å². The first kappa shape index (κ1) is 16.2. The topological polar surface area (TPSA) is 66.7 Å². The zero-order valence-corrected chi connectivity index (χ0v) is 15.1. The molecule has 0 spiro atoms. The zero-order valence-electron chi connectivity index (χ0n) is 13.5. The Labute approximate surface area is 146 Å². The summed E-state index contributed by atoms with van der Waals surface area (Å²) in [6, 6.07) is 5.85. The lowest BCUT2D eigenvalue weighted by atomic mass is 10.1. The Bertz CT molecular complexity index is 863. The van der Waals surface area contributed by atoms with Crippen LogP contribution in [-0.4, -0.2) is 49.1 Å². The molecule has 0 amide bonds. The van der Waals surface area contributed by atoms with Crippen LogP contribution in [0.5, 0.6) is 0 Å². The minimum atomic E-state index is -3.16. The average molecular weight is 370 g/mol. The number of piperidine rings is 1. The molecule has 1 unspecified atom stereocenters. The van der Waals surface area contributed by atoms with Gasteiger partial charge in [-0.3, -0.25) is 0 Å². The third-order valence-corrected chi connectivity index (χ3v) is 7.52. The van der Waals surface area contributed by atoms with E-state index in [1.54, 1.807) is 29.6 Å². The summed E-state index contributed by atoms with van der Waals surface area (Å²) >= 11 is 6.00. The van der Waals surface area contributed by atoms with Gasteiger partial charge in [-0.05, 0) is 43.9 Å². The van der Waals surface area contributed by atoms with Crippen LogP contribution in [0, 0.1) is 0 Å². The standard InChI is InChI=1S/C16H20ClN3O3S/c1-19(24(21,22)13-5-6-13)12-3-2-8-20(10-12)16-18-14-9-11(17)4-7-15(14)23-16/h4,7,9,12-13H,2-3,5-6,8,10H2,1H3. The maximum atomic E-state index is 12.5. The van der Waals surface area contributed by atoms with E-state index in [4.69, 9.17) is 16.0 Å². The molecule has 4 rings (SSSR count). The Morgan fingerprint density at radius 2 is 2.12 bits per heavy atom. The van der Waals surface area contributed by atoms with Crippen LogP contribution in [0.2, 0.25) is 5.02 Å². The van der Waals surface area contributed by atoms with Gasteiger partial charge in [0.15, 0.2) is 5.58 Å². The van der Waals surface area contributed by atoms with Gasteiger partial charge in [-0.1, -0.05) is 11.6 Å². The van der Waals surface area contributed by atoms with Crippen molar-refractivity contribution in [1.82, 2.24) is 9.29 Å². The number of fused-ring (bicyclic) bond motifs is 1. The summed E-state index contributed by atoms with van der Waals surface area (Å²) < 4.78 is 32.3. The summed E-state index contributed by atoms with van der Waals surface area (Å²) in [5.41, 5.74) is 1.41. The van der Waals surface area contributed by atoms with Crippen LogP contribution in [0.25, 0.3) is 11.1 Å². The van der Waals surface area contributed by atoms with Gasteiger partial charge in [0.05, 0.1) is 5.25 Å². The summed E-state index contributed by atoms with van der Waals surface area (Å²) in [5.74, 6) is 0. The Hall–Kier alpha value is -1.31. The largest absolute Gasteiger partial charge is 0.423 e. The maximum Gasteiger partial charge on any atom is 0.298 e. The van der Waals surface area contributed by atoms with Crippen LogP contribution in [0.1, 0.15) is 25.7 Å². The van der Waals surface area contributed by atoms with E-state index in [2.05, 4.69) is 4.98 Å². The number of sulfonamides is 1. The lowest BCUT2D eigenvalue weighted by Crippen LogP contribution is -2.49. The number of hydrogen-bond donors (Lipinski definition) is 0. The van der Waals surface area contributed by atoms with Gasteiger partial charge >= 0.3 is 0 Å². The van der Waals surface area contributed by atoms with Gasteiger partial charge in [-0.25, -0.2) is 8.42 Å². The van der Waals surface area contributed by atoms with Crippen molar-refractivity contribution in [2.45, 2.75) is 37.0 Å². The van der Waals surface area contributed by atoms with Crippen LogP contribution in [-0.2, 0) is 10.0 Å². The number of rotatable bonds is 4. The highest BCUT2D eigenvalue weighted by atomic mass is 35.5. The molecule has 1 aliphatic heterocycles. The number of anilines is 1. The summed E-state index contributed by atoms with van der Waals surface area (Å²) in [5, 5.41) is 0.443. The molecule has 2 heterocycles. The quantitative estimate of drug-likeness (QED) is 0.829. The molecule has 0 radical (unpaired) electrons. The number of benzene rings is 1. The van der Waals surface area contributed by atoms with Crippen molar-refractivity contribution in [3.05, 3.63) is 23.2 Å². The van der Waals surface area contributed by atoms with E-state index in [0.29, 0.717) is 23.2 Å². The Kier molecular flexibility index (Phi) is 3.97. The van der Waals surface area contributed by atoms with E-state index in [1.807, 2.05) is 4.90 Å². The third-order valence-electron chi connectivity index (χ3n) is 4.87. The molecule has 0 N–H and O–H groups in total. The Morgan fingerprint density at radius 1 is 1.33 bits per heavy atom. The molecule has 1 aliphatic carbocycles. The maximum absolute atomic E-state index is 12.5. The minimum Gasteiger partial charge on any atom is -0.423 e. The molecule has 8 heteroatoms. The highest BCUT2D eigenvalue weighted by Crippen LogP contribution is 2.33. The Morgan fingerprint density at radius 3 is 2.88 bits per heavy atom. The van der Waals surface area contributed by atoms with E-state index in [9.17, 15) is 8.42 Å². The molecule has 2 fully saturated rings. The zero-order chi connectivity index (χ0) is 16.9. The molecule has 0 bridgehead atoms. The lowest BCUT2D eigenvalue weighted by Gasteiger charge is -2.36. The molecular formula is C16H20ClN3O3S. The van der Waals surface area contributed by atoms with Crippen molar-refractivity contribution in [3.8, 4) is 0 Å². The molecule has 2 aliphatic rings. The fourth-order valence-corrected chi connectivity index (χ4v) is 5.21. The van der Waals surface area contributed by atoms with Crippen molar-refractivity contribution in [3.63, 3.8) is 0 Å². The van der Waals surface area contributed by atoms with Crippen LogP contribution in [0.3, 0.4) is 0 Å². The summed E-state index contributed by atoms with van der Waals surface area (Å²) in [6.45, 7) is 1.41. The van der Waals surface area contributed by atoms with Crippen LogP contribution < -0.4 is 4.90 Å². The first-order valence-electron chi connectivity index (χ1n) is 8.23. The van der Waals surface area contributed by atoms with Crippen LogP contribution in [0.15, 0.2) is 22.6 Å². The molecule has 1 saturated carbocycles. The molecule has 24 heavy (non-hydrogen) atoms. The highest BCUT2D eigenvalue weighted by Gasteiger charge is 2.42. The normalized spacial score (nSPS) is 22.5. The summed E-state index contributed by atoms with van der Waals surface area (Å²) in [6.07, 6.45) is 3.35. The summed E-state index contributed by atoms with van der Waals surface area (Å²) in [7, 11) is -1.46. The lowest BCUT2D eigenvalue weighted by molar-refractivity contribution is 0.313. The molecule has 2 aromatic rings. The number of nitrogens with zero attached hydrogens (tertiary/aromatic N) is 3. The van der Waals surface area contributed by atoms with Gasteiger partial charge in [0.2, 0.25) is 10.0 Å². The smallest absolute Gasteiger partial charge is 0.298 e. The van der Waals surface area contributed by atoms with Crippen molar-refractivity contribution in [1.29, 1.82) is 0 Å². The van der Waals surface area contributed by atoms with Gasteiger partial charge in [0.1, 0.15) is 5.52 Å². The third kappa shape index (κ3) is 2.89. The van der Waals surface area contributed by atoms with E-state index < -0.39 is 10.0 Å². The predicted octanol–water partition coefficient (Wildman–Crippen LogP) is 2.87. The second-order valence-electron chi connectivity index (χ2n) is 6.61. The van der Waals surface area contributed by atoms with E-state index in [0.717, 1.165) is 37.7 Å². The van der Waals surface area contributed by atoms with Crippen LogP contribution in [0.4, 0.5) is 6.01 Å². The number of likely N-dealkylation sites (N-methyl/N-ethyl adjacent to an activating group) is 1. The number of aromatic nitrogens is 1. The van der Waals surface area contributed by atoms with E-state index in [-0.39, 0.29) is 11.3 Å². The molecule has 1 saturated heterocycles. The van der Waals surface area contributed by atoms with Crippen molar-refractivity contribution >= 4 is 38.7 Å². The predicted molar refractivity (Wildman–Crippen MR) is 94.0 cm³/mol. The molecular weight excluding hydrogens is 350 g/mol. The van der Waals surface area contributed by atoms with Crippen LogP contribution >= 0.6 is 11.6 Å². The SMILES string of the molecule is CN(C1CCCN(c2nc3cc(Cl)ccc3o2)C1)S(=O)(=O)C1CC1. The molecule has 1 aromatic carbocycles. The fourth-order valence-electron chi connectivity index (χ4n) is 3.26. The molecule has 130 valence electrons. The second-order valence-corrected chi connectivity index (χ2v) is 9.32. The Balaban J connectivity index is 1.55. The molecule has 1 atom stereocenters. The second kappa shape index (κ2) is 5.89. The van der Waals surface area contributed by atoms with Crippen molar-refractivity contribution in [2.24, 2.45) is 0 Å². The van der Waals surface area contributed by atoms with E-state index >= 15 is 0 Å². The number of halogens is 1. The first-order chi connectivity index (χ1) is 11.4. The van der Waals surface area contributed by atoms with Crippen molar-refractivity contribution < 1.29 is 12.8 Å². The molecule has 6 nitrogen and oxygen atoms in total. The van der Waals surface area contributed by atoms with Gasteiger partial charge in [-0.15, -0.1) is 0 Å². The van der Waals surface area contributed by atoms with Gasteiger partial charge < -0.3 is 9.32 Å². The summed E-state index contributed by atoms with van der Waals surface area (Å²) in [4.78, 5) is 6.54. The van der Waals surface area contributed by atoms with Crippen molar-refractivity contribution in [2.75, 3.05) is 25.0 Å². The molecule has 1 aromatic heterocycles. The monoisotopic (exact) mass is 369 g/mol.